The van der Waals surface area contributed by atoms with Crippen LogP contribution in [0.4, 0.5) is 0 Å². The Morgan fingerprint density at radius 2 is 2.06 bits per heavy atom. The van der Waals surface area contributed by atoms with E-state index < -0.39 is 0 Å². The predicted octanol–water partition coefficient (Wildman–Crippen LogP) is 3.08. The largest absolute Gasteiger partial charge is 0.493 e. The van der Waals surface area contributed by atoms with Crippen LogP contribution in [0.2, 0.25) is 0 Å². The molecule has 1 aromatic carbocycles. The Bertz CT molecular complexity index is 498. The van der Waals surface area contributed by atoms with E-state index in [9.17, 15) is 4.79 Å². The first kappa shape index (κ1) is 11.7. The van der Waals surface area contributed by atoms with Crippen molar-refractivity contribution < 1.29 is 14.3 Å². The number of benzene rings is 1. The molecule has 0 amide bonds. The van der Waals surface area contributed by atoms with E-state index in [1.165, 1.54) is 0 Å². The van der Waals surface area contributed by atoms with Crippen molar-refractivity contribution in [2.24, 2.45) is 0 Å². The van der Waals surface area contributed by atoms with E-state index in [0.717, 1.165) is 17.4 Å². The van der Waals surface area contributed by atoms with Crippen LogP contribution < -0.4 is 9.47 Å². The van der Waals surface area contributed by atoms with Crippen LogP contribution in [0.3, 0.4) is 0 Å². The number of rotatable bonds is 2. The molecule has 2 rings (SSSR count). The van der Waals surface area contributed by atoms with Gasteiger partial charge >= 0.3 is 0 Å². The molecule has 0 atom stereocenters. The zero-order valence-electron chi connectivity index (χ0n) is 10.5. The predicted molar refractivity (Wildman–Crippen MR) is 66.7 cm³/mol. The fourth-order valence-corrected chi connectivity index (χ4v) is 2.13. The van der Waals surface area contributed by atoms with Gasteiger partial charge in [0, 0.05) is 11.1 Å². The molecule has 0 radical (unpaired) electrons. The summed E-state index contributed by atoms with van der Waals surface area (Å²) < 4.78 is 11.2. The highest BCUT2D eigenvalue weighted by Gasteiger charge is 2.27. The van der Waals surface area contributed by atoms with Gasteiger partial charge in [-0.25, -0.2) is 0 Å². The number of fused-ring (bicyclic) bond motifs is 1. The molecule has 1 aliphatic rings. The number of methoxy groups -OCH3 is 1. The summed E-state index contributed by atoms with van der Waals surface area (Å²) in [5.74, 6) is 1.31. The lowest BCUT2D eigenvalue weighted by Crippen LogP contribution is -2.29. The van der Waals surface area contributed by atoms with Crippen molar-refractivity contribution in [3.05, 3.63) is 29.3 Å². The average Bonchev–Trinajstić information content (AvgIpc) is 2.26. The van der Waals surface area contributed by atoms with Crippen molar-refractivity contribution in [2.75, 3.05) is 7.11 Å². The van der Waals surface area contributed by atoms with Gasteiger partial charge in [0.15, 0.2) is 11.5 Å². The van der Waals surface area contributed by atoms with Crippen LogP contribution in [-0.4, -0.2) is 19.0 Å². The quantitative estimate of drug-likeness (QED) is 0.735. The summed E-state index contributed by atoms with van der Waals surface area (Å²) in [6.07, 6.45) is 2.86. The molecular weight excluding hydrogens is 216 g/mol. The maximum atomic E-state index is 10.9. The van der Waals surface area contributed by atoms with Gasteiger partial charge in [0.1, 0.15) is 11.9 Å². The van der Waals surface area contributed by atoms with Gasteiger partial charge in [0.2, 0.25) is 0 Å². The standard InChI is InChI=1S/C14H16O3/c1-9-7-14(2,3)17-13-11(9)5-10(8-15)6-12(13)16-4/h5-8H,1-4H3. The third-order valence-electron chi connectivity index (χ3n) is 2.79. The average molecular weight is 232 g/mol. The highest BCUT2D eigenvalue weighted by atomic mass is 16.5. The van der Waals surface area contributed by atoms with Crippen molar-refractivity contribution in [2.45, 2.75) is 26.4 Å². The molecule has 0 bridgehead atoms. The molecule has 0 aliphatic carbocycles. The topological polar surface area (TPSA) is 35.5 Å². The fourth-order valence-electron chi connectivity index (χ4n) is 2.13. The summed E-state index contributed by atoms with van der Waals surface area (Å²) >= 11 is 0. The highest BCUT2D eigenvalue weighted by molar-refractivity contribution is 5.83. The van der Waals surface area contributed by atoms with Gasteiger partial charge in [0.05, 0.1) is 7.11 Å². The van der Waals surface area contributed by atoms with Gasteiger partial charge in [0.25, 0.3) is 0 Å². The summed E-state index contributed by atoms with van der Waals surface area (Å²) in [6.45, 7) is 6.00. The monoisotopic (exact) mass is 232 g/mol. The maximum Gasteiger partial charge on any atom is 0.169 e. The smallest absolute Gasteiger partial charge is 0.169 e. The van der Waals surface area contributed by atoms with Crippen molar-refractivity contribution in [1.29, 1.82) is 0 Å². The Kier molecular flexibility index (Phi) is 2.69. The minimum absolute atomic E-state index is 0.354. The van der Waals surface area contributed by atoms with Crippen LogP contribution in [0.15, 0.2) is 18.2 Å². The summed E-state index contributed by atoms with van der Waals surface area (Å²) in [6, 6.07) is 3.52. The first-order valence-corrected chi connectivity index (χ1v) is 5.53. The first-order valence-electron chi connectivity index (χ1n) is 5.53. The van der Waals surface area contributed by atoms with Crippen LogP contribution in [0.5, 0.6) is 11.5 Å². The molecule has 90 valence electrons. The van der Waals surface area contributed by atoms with Gasteiger partial charge < -0.3 is 9.47 Å². The molecule has 1 aromatic rings. The Hall–Kier alpha value is -1.77. The number of ether oxygens (including phenoxy) is 2. The Morgan fingerprint density at radius 3 is 2.65 bits per heavy atom. The summed E-state index contributed by atoms with van der Waals surface area (Å²) in [7, 11) is 1.58. The molecule has 17 heavy (non-hydrogen) atoms. The van der Waals surface area contributed by atoms with E-state index in [4.69, 9.17) is 9.47 Å². The third kappa shape index (κ3) is 2.05. The van der Waals surface area contributed by atoms with Crippen molar-refractivity contribution in [1.82, 2.24) is 0 Å². The van der Waals surface area contributed by atoms with Gasteiger partial charge in [-0.05, 0) is 44.6 Å². The summed E-state index contributed by atoms with van der Waals surface area (Å²) in [5.41, 5.74) is 2.26. The van der Waals surface area contributed by atoms with Crippen LogP contribution in [-0.2, 0) is 0 Å². The molecule has 0 spiro atoms. The lowest BCUT2D eigenvalue weighted by Gasteiger charge is -2.31. The molecule has 0 saturated heterocycles. The summed E-state index contributed by atoms with van der Waals surface area (Å²) in [4.78, 5) is 10.9. The van der Waals surface area contributed by atoms with E-state index in [-0.39, 0.29) is 5.60 Å². The van der Waals surface area contributed by atoms with E-state index >= 15 is 0 Å². The zero-order chi connectivity index (χ0) is 12.6. The van der Waals surface area contributed by atoms with Crippen LogP contribution in [0.25, 0.3) is 5.57 Å². The maximum absolute atomic E-state index is 10.9. The fraction of sp³-hybridized carbons (Fsp3) is 0.357. The van der Waals surface area contributed by atoms with Crippen molar-refractivity contribution in [3.8, 4) is 11.5 Å². The SMILES string of the molecule is COc1cc(C=O)cc2c1OC(C)(C)C=C2C. The molecule has 1 aliphatic heterocycles. The molecule has 0 N–H and O–H groups in total. The minimum atomic E-state index is -0.354. The van der Waals surface area contributed by atoms with Gasteiger partial charge in [-0.15, -0.1) is 0 Å². The number of carbonyl (C=O) groups is 1. The normalized spacial score (nSPS) is 16.6. The molecule has 3 heteroatoms. The third-order valence-corrected chi connectivity index (χ3v) is 2.79. The minimum Gasteiger partial charge on any atom is -0.493 e. The zero-order valence-corrected chi connectivity index (χ0v) is 10.5. The first-order chi connectivity index (χ1) is 7.96. The van der Waals surface area contributed by atoms with Gasteiger partial charge in [-0.2, -0.15) is 0 Å². The lowest BCUT2D eigenvalue weighted by atomic mass is 9.94. The van der Waals surface area contributed by atoms with E-state index in [1.807, 2.05) is 32.9 Å². The molecule has 0 saturated carbocycles. The summed E-state index contributed by atoms with van der Waals surface area (Å²) in [5, 5.41) is 0. The van der Waals surface area contributed by atoms with Crippen molar-refractivity contribution >= 4 is 11.9 Å². The highest BCUT2D eigenvalue weighted by Crippen LogP contribution is 2.42. The molecular formula is C14H16O3. The Labute approximate surface area is 101 Å². The van der Waals surface area contributed by atoms with Gasteiger partial charge in [-0.1, -0.05) is 0 Å². The van der Waals surface area contributed by atoms with Crippen LogP contribution in [0.1, 0.15) is 36.7 Å². The number of aldehydes is 1. The number of carbonyl (C=O) groups excluding carboxylic acids is 1. The second-order valence-electron chi connectivity index (χ2n) is 4.75. The molecule has 0 aromatic heterocycles. The second-order valence-corrected chi connectivity index (χ2v) is 4.75. The Balaban J connectivity index is 2.66. The van der Waals surface area contributed by atoms with Gasteiger partial charge in [-0.3, -0.25) is 4.79 Å². The van der Waals surface area contributed by atoms with E-state index in [1.54, 1.807) is 13.2 Å². The van der Waals surface area contributed by atoms with Crippen LogP contribution in [0, 0.1) is 0 Å². The number of allylic oxidation sites excluding steroid dienone is 1. The van der Waals surface area contributed by atoms with Crippen LogP contribution >= 0.6 is 0 Å². The van der Waals surface area contributed by atoms with E-state index in [2.05, 4.69) is 0 Å². The number of hydrogen-bond donors (Lipinski definition) is 0. The lowest BCUT2D eigenvalue weighted by molar-refractivity contribution is 0.112. The Morgan fingerprint density at radius 1 is 1.35 bits per heavy atom. The second kappa shape index (κ2) is 3.91. The molecule has 0 unspecified atom stereocenters. The van der Waals surface area contributed by atoms with Crippen molar-refractivity contribution in [3.63, 3.8) is 0 Å². The molecule has 1 heterocycles. The molecule has 0 fully saturated rings. The molecule has 3 nitrogen and oxygen atoms in total. The number of hydrogen-bond acceptors (Lipinski definition) is 3. The van der Waals surface area contributed by atoms with E-state index in [0.29, 0.717) is 17.1 Å².